The molecule has 1 aliphatic heterocycles. The lowest BCUT2D eigenvalue weighted by Gasteiger charge is -2.38. The molecule has 0 bridgehead atoms. The largest absolute Gasteiger partial charge is 0.465 e. The first-order valence-electron chi connectivity index (χ1n) is 9.18. The summed E-state index contributed by atoms with van der Waals surface area (Å²) in [5.74, 6) is -2.77. The maximum Gasteiger partial charge on any atom is 0.363 e. The fraction of sp³-hybridized carbons (Fsp3) is 0.300. The predicted octanol–water partition coefficient (Wildman–Crippen LogP) is 2.81. The van der Waals surface area contributed by atoms with Gasteiger partial charge in [0.15, 0.2) is 11.1 Å². The Hall–Kier alpha value is -2.85. The summed E-state index contributed by atoms with van der Waals surface area (Å²) in [5, 5.41) is 0.206. The van der Waals surface area contributed by atoms with Gasteiger partial charge in [-0.15, -0.1) is 0 Å². The fourth-order valence-corrected chi connectivity index (χ4v) is 4.23. The van der Waals surface area contributed by atoms with Crippen LogP contribution >= 0.6 is 24.0 Å². The third-order valence-electron chi connectivity index (χ3n) is 3.98. The van der Waals surface area contributed by atoms with Gasteiger partial charge in [-0.1, -0.05) is 30.4 Å². The standard InChI is InChI=1S/C20H19N3O5S2/c1-3-26-17(24)14-16(29)23-15(13-9-6-5-7-10-13)28-20(14,18(25)27-4-2)30-19-21-11-8-12-22-19/h5-12,14H,3-4H2,1-2H3/t14-,20-/m1/s1. The van der Waals surface area contributed by atoms with E-state index in [-0.39, 0.29) is 29.3 Å². The average Bonchev–Trinajstić information content (AvgIpc) is 2.75. The van der Waals surface area contributed by atoms with Crippen molar-refractivity contribution in [3.8, 4) is 0 Å². The normalized spacial score (nSPS) is 20.7. The van der Waals surface area contributed by atoms with Gasteiger partial charge in [-0.2, -0.15) is 0 Å². The van der Waals surface area contributed by atoms with Crippen LogP contribution in [0.15, 0.2) is 58.9 Å². The molecule has 156 valence electrons. The Morgan fingerprint density at radius 2 is 1.77 bits per heavy atom. The summed E-state index contributed by atoms with van der Waals surface area (Å²) < 4.78 is 16.6. The number of carbonyl (C=O) groups is 2. The molecule has 2 aromatic rings. The SMILES string of the molecule is CCOC(=O)[C@H]1C(=S)N=C(c2ccccc2)O[C@]1(Sc1ncccn1)C(=O)OCC. The number of ether oxygens (including phenoxy) is 3. The van der Waals surface area contributed by atoms with E-state index in [1.807, 2.05) is 6.07 Å². The second-order valence-electron chi connectivity index (χ2n) is 5.93. The fourth-order valence-electron chi connectivity index (χ4n) is 2.72. The summed E-state index contributed by atoms with van der Waals surface area (Å²) >= 11 is 6.27. The zero-order chi connectivity index (χ0) is 21.6. The number of aromatic nitrogens is 2. The Morgan fingerprint density at radius 1 is 1.10 bits per heavy atom. The summed E-state index contributed by atoms with van der Waals surface area (Å²) in [7, 11) is 0. The highest BCUT2D eigenvalue weighted by atomic mass is 32.2. The second kappa shape index (κ2) is 9.77. The number of benzene rings is 1. The molecular formula is C20H19N3O5S2. The van der Waals surface area contributed by atoms with E-state index in [9.17, 15) is 9.59 Å². The summed E-state index contributed by atoms with van der Waals surface area (Å²) in [5.41, 5.74) is 0.588. The molecule has 0 N–H and O–H groups in total. The van der Waals surface area contributed by atoms with Crippen LogP contribution in [0.3, 0.4) is 0 Å². The average molecular weight is 446 g/mol. The Kier molecular flexibility index (Phi) is 7.11. The number of hydrogen-bond donors (Lipinski definition) is 0. The minimum absolute atomic E-state index is 0.0463. The zero-order valence-electron chi connectivity index (χ0n) is 16.3. The van der Waals surface area contributed by atoms with Crippen molar-refractivity contribution in [1.82, 2.24) is 9.97 Å². The number of carbonyl (C=O) groups excluding carboxylic acids is 2. The molecule has 1 aromatic carbocycles. The van der Waals surface area contributed by atoms with Crippen LogP contribution in [0, 0.1) is 5.92 Å². The van der Waals surface area contributed by atoms with Crippen LogP contribution in [0.2, 0.25) is 0 Å². The smallest absolute Gasteiger partial charge is 0.363 e. The number of nitrogens with zero attached hydrogens (tertiary/aromatic N) is 3. The number of thioether (sulfide) groups is 1. The van der Waals surface area contributed by atoms with Gasteiger partial charge in [0.05, 0.1) is 13.2 Å². The highest BCUT2D eigenvalue weighted by Gasteiger charge is 2.60. The topological polar surface area (TPSA) is 100.0 Å². The van der Waals surface area contributed by atoms with Gasteiger partial charge in [-0.25, -0.2) is 19.8 Å². The molecule has 0 unspecified atom stereocenters. The Labute approximate surface area is 183 Å². The van der Waals surface area contributed by atoms with Crippen molar-refractivity contribution in [2.75, 3.05) is 13.2 Å². The number of hydrogen-bond acceptors (Lipinski definition) is 9. The van der Waals surface area contributed by atoms with E-state index in [1.165, 1.54) is 12.4 Å². The first-order valence-corrected chi connectivity index (χ1v) is 10.4. The molecule has 1 aromatic heterocycles. The third-order valence-corrected chi connectivity index (χ3v) is 5.48. The molecule has 1 aliphatic rings. The maximum atomic E-state index is 13.2. The molecule has 30 heavy (non-hydrogen) atoms. The van der Waals surface area contributed by atoms with E-state index in [1.54, 1.807) is 44.2 Å². The van der Waals surface area contributed by atoms with Crippen LogP contribution in [0.4, 0.5) is 0 Å². The molecule has 0 aliphatic carbocycles. The number of esters is 2. The summed E-state index contributed by atoms with van der Waals surface area (Å²) in [4.78, 5) is 36.7. The predicted molar refractivity (Wildman–Crippen MR) is 114 cm³/mol. The third kappa shape index (κ3) is 4.49. The van der Waals surface area contributed by atoms with Gasteiger partial charge in [-0.3, -0.25) is 4.79 Å². The van der Waals surface area contributed by atoms with Crippen molar-refractivity contribution in [2.24, 2.45) is 10.9 Å². The lowest BCUT2D eigenvalue weighted by atomic mass is 9.99. The van der Waals surface area contributed by atoms with Crippen LogP contribution in [0.1, 0.15) is 19.4 Å². The number of rotatable bonds is 7. The summed E-state index contributed by atoms with van der Waals surface area (Å²) in [6.07, 6.45) is 3.03. The van der Waals surface area contributed by atoms with Gasteiger partial charge in [0.2, 0.25) is 5.90 Å². The Bertz CT molecular complexity index is 955. The van der Waals surface area contributed by atoms with Crippen LogP contribution in [0.5, 0.6) is 0 Å². The highest BCUT2D eigenvalue weighted by molar-refractivity contribution is 8.01. The lowest BCUT2D eigenvalue weighted by molar-refractivity contribution is -0.165. The van der Waals surface area contributed by atoms with Gasteiger partial charge in [0.25, 0.3) is 4.93 Å². The van der Waals surface area contributed by atoms with Gasteiger partial charge in [-0.05, 0) is 43.8 Å². The van der Waals surface area contributed by atoms with Crippen molar-refractivity contribution >= 4 is 46.8 Å². The molecule has 8 nitrogen and oxygen atoms in total. The van der Waals surface area contributed by atoms with E-state index >= 15 is 0 Å². The van der Waals surface area contributed by atoms with Crippen molar-refractivity contribution in [2.45, 2.75) is 23.9 Å². The molecule has 2 heterocycles. The lowest BCUT2D eigenvalue weighted by Crippen LogP contribution is -2.56. The van der Waals surface area contributed by atoms with Gasteiger partial charge in [0.1, 0.15) is 4.99 Å². The molecule has 0 radical (unpaired) electrons. The van der Waals surface area contributed by atoms with Crippen LogP contribution < -0.4 is 0 Å². The molecule has 0 amide bonds. The van der Waals surface area contributed by atoms with Crippen LogP contribution in [-0.4, -0.2) is 50.9 Å². The monoisotopic (exact) mass is 445 g/mol. The number of aliphatic imine (C=N–C) groups is 1. The van der Waals surface area contributed by atoms with Gasteiger partial charge in [0, 0.05) is 18.0 Å². The summed E-state index contributed by atoms with van der Waals surface area (Å²) in [6, 6.07) is 10.6. The zero-order valence-corrected chi connectivity index (χ0v) is 17.9. The van der Waals surface area contributed by atoms with Gasteiger partial charge < -0.3 is 14.2 Å². The van der Waals surface area contributed by atoms with Crippen molar-refractivity contribution in [3.05, 3.63) is 54.4 Å². The van der Waals surface area contributed by atoms with E-state index in [4.69, 9.17) is 26.4 Å². The van der Waals surface area contributed by atoms with Gasteiger partial charge >= 0.3 is 11.9 Å². The molecule has 3 rings (SSSR count). The molecule has 0 spiro atoms. The molecule has 10 heteroatoms. The molecule has 2 atom stereocenters. The van der Waals surface area contributed by atoms with E-state index in [0.29, 0.717) is 5.56 Å². The maximum absolute atomic E-state index is 13.2. The second-order valence-corrected chi connectivity index (χ2v) is 7.52. The van der Waals surface area contributed by atoms with E-state index < -0.39 is 22.8 Å². The first-order chi connectivity index (χ1) is 14.5. The van der Waals surface area contributed by atoms with Crippen molar-refractivity contribution in [1.29, 1.82) is 0 Å². The molecular weight excluding hydrogens is 426 g/mol. The first kappa shape index (κ1) is 21.8. The van der Waals surface area contributed by atoms with E-state index in [2.05, 4.69) is 15.0 Å². The minimum atomic E-state index is -1.94. The van der Waals surface area contributed by atoms with Crippen molar-refractivity contribution in [3.63, 3.8) is 0 Å². The summed E-state index contributed by atoms with van der Waals surface area (Å²) in [6.45, 7) is 3.48. The minimum Gasteiger partial charge on any atom is -0.465 e. The van der Waals surface area contributed by atoms with Crippen LogP contribution in [-0.2, 0) is 23.8 Å². The highest BCUT2D eigenvalue weighted by Crippen LogP contribution is 2.44. The quantitative estimate of drug-likeness (QED) is 0.362. The molecule has 0 saturated carbocycles. The molecule has 0 saturated heterocycles. The Morgan fingerprint density at radius 3 is 2.40 bits per heavy atom. The van der Waals surface area contributed by atoms with E-state index in [0.717, 1.165) is 11.8 Å². The molecule has 0 fully saturated rings. The number of thiocarbonyl (C=S) groups is 1. The Balaban J connectivity index is 2.16. The van der Waals surface area contributed by atoms with Crippen molar-refractivity contribution < 1.29 is 23.8 Å². The van der Waals surface area contributed by atoms with Crippen LogP contribution in [0.25, 0.3) is 0 Å².